The molecule has 1 aromatic heterocycles. The van der Waals surface area contributed by atoms with E-state index in [1.54, 1.807) is 0 Å². The average Bonchev–Trinajstić information content (AvgIpc) is 2.88. The Morgan fingerprint density at radius 3 is 2.74 bits per heavy atom. The van der Waals surface area contributed by atoms with Gasteiger partial charge in [0.05, 0.1) is 5.33 Å². The minimum atomic E-state index is 0.547. The minimum Gasteiger partial charge on any atom is -0.489 e. The summed E-state index contributed by atoms with van der Waals surface area (Å²) in [6.45, 7) is 0.547. The maximum absolute atomic E-state index is 5.74. The lowest BCUT2D eigenvalue weighted by Crippen LogP contribution is -1.94. The third-order valence-corrected chi connectivity index (χ3v) is 3.25. The van der Waals surface area contributed by atoms with Crippen LogP contribution in [0.25, 0.3) is 11.1 Å². The lowest BCUT2D eigenvalue weighted by Gasteiger charge is -2.05. The van der Waals surface area contributed by atoms with Gasteiger partial charge < -0.3 is 9.15 Å². The predicted molar refractivity (Wildman–Crippen MR) is 77.4 cm³/mol. The van der Waals surface area contributed by atoms with Gasteiger partial charge in [0.2, 0.25) is 5.89 Å². The van der Waals surface area contributed by atoms with Gasteiger partial charge in [0.25, 0.3) is 0 Å². The van der Waals surface area contributed by atoms with Gasteiger partial charge in [0.15, 0.2) is 5.58 Å². The fourth-order valence-corrected chi connectivity index (χ4v) is 2.08. The van der Waals surface area contributed by atoms with Gasteiger partial charge in [-0.05, 0) is 17.7 Å². The van der Waals surface area contributed by atoms with Crippen LogP contribution in [0.15, 0.2) is 52.9 Å². The quantitative estimate of drug-likeness (QED) is 0.673. The second kappa shape index (κ2) is 5.45. The van der Waals surface area contributed by atoms with Crippen LogP contribution in [0.1, 0.15) is 11.5 Å². The molecular formula is C15H12BrNO2. The lowest BCUT2D eigenvalue weighted by atomic mass is 10.2. The summed E-state index contributed by atoms with van der Waals surface area (Å²) in [5.41, 5.74) is 2.74. The van der Waals surface area contributed by atoms with Gasteiger partial charge in [-0.1, -0.05) is 46.3 Å². The molecule has 19 heavy (non-hydrogen) atoms. The lowest BCUT2D eigenvalue weighted by molar-refractivity contribution is 0.306. The molecule has 0 amide bonds. The summed E-state index contributed by atoms with van der Waals surface area (Å²) in [5, 5.41) is 0.613. The van der Waals surface area contributed by atoms with Gasteiger partial charge in [0, 0.05) is 6.07 Å². The van der Waals surface area contributed by atoms with Crippen molar-refractivity contribution in [2.75, 3.05) is 0 Å². The number of halogens is 1. The Labute approximate surface area is 119 Å². The van der Waals surface area contributed by atoms with Crippen LogP contribution in [0.5, 0.6) is 5.75 Å². The van der Waals surface area contributed by atoms with Crippen LogP contribution in [-0.2, 0) is 11.9 Å². The zero-order chi connectivity index (χ0) is 13.1. The highest BCUT2D eigenvalue weighted by molar-refractivity contribution is 9.08. The van der Waals surface area contributed by atoms with Crippen LogP contribution in [0, 0.1) is 0 Å². The van der Waals surface area contributed by atoms with Gasteiger partial charge in [-0.2, -0.15) is 0 Å². The van der Waals surface area contributed by atoms with E-state index in [2.05, 4.69) is 20.9 Å². The standard InChI is InChI=1S/C15H12BrNO2/c16-9-15-17-13-7-6-12(8-14(13)19-15)18-10-11-4-2-1-3-5-11/h1-8H,9-10H2. The van der Waals surface area contributed by atoms with Gasteiger partial charge in [0.1, 0.15) is 17.9 Å². The number of alkyl halides is 1. The zero-order valence-electron chi connectivity index (χ0n) is 10.2. The summed E-state index contributed by atoms with van der Waals surface area (Å²) < 4.78 is 11.3. The van der Waals surface area contributed by atoms with Gasteiger partial charge in [-0.25, -0.2) is 4.98 Å². The first-order valence-corrected chi connectivity index (χ1v) is 7.09. The predicted octanol–water partition coefficient (Wildman–Crippen LogP) is 4.30. The van der Waals surface area contributed by atoms with Crippen LogP contribution in [0.3, 0.4) is 0 Å². The van der Waals surface area contributed by atoms with Gasteiger partial charge in [-0.3, -0.25) is 0 Å². The molecule has 0 atom stereocenters. The van der Waals surface area contributed by atoms with Crippen molar-refractivity contribution in [1.29, 1.82) is 0 Å². The Morgan fingerprint density at radius 1 is 1.11 bits per heavy atom. The first kappa shape index (κ1) is 12.2. The first-order chi connectivity index (χ1) is 9.35. The molecule has 2 aromatic carbocycles. The highest BCUT2D eigenvalue weighted by atomic mass is 79.9. The summed E-state index contributed by atoms with van der Waals surface area (Å²) in [7, 11) is 0. The van der Waals surface area contributed by atoms with Crippen molar-refractivity contribution < 1.29 is 9.15 Å². The van der Waals surface area contributed by atoms with E-state index >= 15 is 0 Å². The zero-order valence-corrected chi connectivity index (χ0v) is 11.8. The van der Waals surface area contributed by atoms with E-state index in [-0.39, 0.29) is 0 Å². The van der Waals surface area contributed by atoms with E-state index in [1.807, 2.05) is 48.5 Å². The molecule has 0 saturated carbocycles. The second-order valence-electron chi connectivity index (χ2n) is 4.15. The molecular weight excluding hydrogens is 306 g/mol. The number of aromatic nitrogens is 1. The molecule has 3 aromatic rings. The SMILES string of the molecule is BrCc1nc2ccc(OCc3ccccc3)cc2o1. The molecule has 0 N–H and O–H groups in total. The Bertz CT molecular complexity index is 679. The molecule has 0 spiro atoms. The van der Waals surface area contributed by atoms with Crippen LogP contribution in [0.2, 0.25) is 0 Å². The molecule has 0 unspecified atom stereocenters. The van der Waals surface area contributed by atoms with E-state index in [9.17, 15) is 0 Å². The van der Waals surface area contributed by atoms with Crippen LogP contribution >= 0.6 is 15.9 Å². The summed E-state index contributed by atoms with van der Waals surface area (Å²) in [5.74, 6) is 1.46. The maximum atomic E-state index is 5.74. The Morgan fingerprint density at radius 2 is 1.95 bits per heavy atom. The second-order valence-corrected chi connectivity index (χ2v) is 4.71. The topological polar surface area (TPSA) is 35.3 Å². The number of benzene rings is 2. The number of nitrogens with zero attached hydrogens (tertiary/aromatic N) is 1. The smallest absolute Gasteiger partial charge is 0.206 e. The van der Waals surface area contributed by atoms with Gasteiger partial charge >= 0.3 is 0 Å². The van der Waals surface area contributed by atoms with Crippen molar-refractivity contribution in [3.8, 4) is 5.75 Å². The fraction of sp³-hybridized carbons (Fsp3) is 0.133. The molecule has 0 saturated heterocycles. The number of rotatable bonds is 4. The molecule has 0 aliphatic rings. The summed E-state index contributed by atoms with van der Waals surface area (Å²) in [6.07, 6.45) is 0. The van der Waals surface area contributed by atoms with E-state index in [0.717, 1.165) is 22.4 Å². The monoisotopic (exact) mass is 317 g/mol. The molecule has 0 radical (unpaired) electrons. The molecule has 0 aliphatic heterocycles. The maximum Gasteiger partial charge on any atom is 0.206 e. The normalized spacial score (nSPS) is 10.8. The Balaban J connectivity index is 1.78. The van der Waals surface area contributed by atoms with Gasteiger partial charge in [-0.15, -0.1) is 0 Å². The van der Waals surface area contributed by atoms with E-state index < -0.39 is 0 Å². The fourth-order valence-electron chi connectivity index (χ4n) is 1.84. The van der Waals surface area contributed by atoms with Crippen LogP contribution < -0.4 is 4.74 Å². The Kier molecular flexibility index (Phi) is 3.51. The van der Waals surface area contributed by atoms with E-state index in [1.165, 1.54) is 0 Å². The van der Waals surface area contributed by atoms with Crippen molar-refractivity contribution in [2.45, 2.75) is 11.9 Å². The van der Waals surface area contributed by atoms with Crippen molar-refractivity contribution in [3.05, 3.63) is 60.0 Å². The third-order valence-electron chi connectivity index (χ3n) is 2.77. The number of hydrogen-bond donors (Lipinski definition) is 0. The van der Waals surface area contributed by atoms with Crippen molar-refractivity contribution in [3.63, 3.8) is 0 Å². The number of ether oxygens (including phenoxy) is 1. The molecule has 96 valence electrons. The van der Waals surface area contributed by atoms with Crippen LogP contribution in [0.4, 0.5) is 0 Å². The molecule has 4 heteroatoms. The average molecular weight is 318 g/mol. The first-order valence-electron chi connectivity index (χ1n) is 5.97. The number of hydrogen-bond acceptors (Lipinski definition) is 3. The minimum absolute atomic E-state index is 0.547. The molecule has 1 heterocycles. The van der Waals surface area contributed by atoms with E-state index in [4.69, 9.17) is 9.15 Å². The number of fused-ring (bicyclic) bond motifs is 1. The van der Waals surface area contributed by atoms with E-state index in [0.29, 0.717) is 17.8 Å². The summed E-state index contributed by atoms with van der Waals surface area (Å²) in [4.78, 5) is 4.32. The molecule has 0 bridgehead atoms. The summed E-state index contributed by atoms with van der Waals surface area (Å²) >= 11 is 3.33. The molecule has 0 fully saturated rings. The van der Waals surface area contributed by atoms with Crippen LogP contribution in [-0.4, -0.2) is 4.98 Å². The molecule has 0 aliphatic carbocycles. The van der Waals surface area contributed by atoms with Crippen molar-refractivity contribution in [1.82, 2.24) is 4.98 Å². The highest BCUT2D eigenvalue weighted by Gasteiger charge is 2.06. The third kappa shape index (κ3) is 2.79. The largest absolute Gasteiger partial charge is 0.489 e. The van der Waals surface area contributed by atoms with Crippen molar-refractivity contribution >= 4 is 27.0 Å². The number of oxazole rings is 1. The highest BCUT2D eigenvalue weighted by Crippen LogP contribution is 2.23. The van der Waals surface area contributed by atoms with Crippen molar-refractivity contribution in [2.24, 2.45) is 0 Å². The Hall–Kier alpha value is -1.81. The summed E-state index contributed by atoms with van der Waals surface area (Å²) in [6, 6.07) is 15.8. The molecule has 3 nitrogen and oxygen atoms in total. The molecule has 3 rings (SSSR count).